The predicted molar refractivity (Wildman–Crippen MR) is 170 cm³/mol. The maximum atomic E-state index is 14.7. The van der Waals surface area contributed by atoms with E-state index >= 15 is 0 Å². The van der Waals surface area contributed by atoms with Crippen LogP contribution in [0.15, 0.2) is 76.6 Å². The second-order valence-electron chi connectivity index (χ2n) is 10.9. The Morgan fingerprint density at radius 2 is 1.98 bits per heavy atom. The van der Waals surface area contributed by atoms with Crippen LogP contribution >= 0.6 is 22.9 Å². The zero-order chi connectivity index (χ0) is 30.8. The summed E-state index contributed by atoms with van der Waals surface area (Å²) in [6.45, 7) is 3.66. The van der Waals surface area contributed by atoms with Gasteiger partial charge in [0.25, 0.3) is 0 Å². The van der Waals surface area contributed by atoms with Gasteiger partial charge in [0.2, 0.25) is 11.8 Å². The number of nitrogens with zero attached hydrogens (tertiary/aromatic N) is 5. The fourth-order valence-electron chi connectivity index (χ4n) is 5.39. The van der Waals surface area contributed by atoms with Crippen molar-refractivity contribution in [1.82, 2.24) is 15.3 Å². The number of fused-ring (bicyclic) bond motifs is 4. The summed E-state index contributed by atoms with van der Waals surface area (Å²) < 4.78 is 14.7. The predicted octanol–water partition coefficient (Wildman–Crippen LogP) is 7.30. The Morgan fingerprint density at radius 3 is 2.80 bits per heavy atom. The van der Waals surface area contributed by atoms with Crippen LogP contribution in [0.25, 0.3) is 11.1 Å². The number of amides is 2. The summed E-state index contributed by atoms with van der Waals surface area (Å²) in [7, 11) is 0. The molecule has 2 aliphatic heterocycles. The van der Waals surface area contributed by atoms with E-state index in [1.54, 1.807) is 31.5 Å². The SMILES string of the molecule is CC1CCCC(NC(=O)C2N=NN(c3cccc(Cl)c3F)C2C)c2cc(ccn2)-c2ccc(Nc3nccs3)cc2NC1=O. The molecule has 13 heteroatoms. The number of benzene rings is 2. The minimum Gasteiger partial charge on any atom is -0.346 e. The lowest BCUT2D eigenvalue weighted by molar-refractivity contribution is -0.123. The number of thiazole rings is 1. The highest BCUT2D eigenvalue weighted by atomic mass is 35.5. The molecular formula is C31H30ClFN8O2S. The third kappa shape index (κ3) is 6.13. The van der Waals surface area contributed by atoms with Gasteiger partial charge in [0.05, 0.1) is 34.2 Å². The monoisotopic (exact) mass is 632 g/mol. The molecule has 4 heterocycles. The third-order valence-corrected chi connectivity index (χ3v) is 8.85. The zero-order valence-corrected chi connectivity index (χ0v) is 25.6. The number of anilines is 4. The average Bonchev–Trinajstić information content (AvgIpc) is 3.67. The van der Waals surface area contributed by atoms with Crippen molar-refractivity contribution in [3.8, 4) is 11.1 Å². The number of hydrogen-bond acceptors (Lipinski definition) is 9. The lowest BCUT2D eigenvalue weighted by atomic mass is 9.95. The highest BCUT2D eigenvalue weighted by molar-refractivity contribution is 7.13. The van der Waals surface area contributed by atoms with E-state index < -0.39 is 23.9 Å². The molecule has 0 spiro atoms. The first-order chi connectivity index (χ1) is 21.3. The number of carbonyl (C=O) groups excluding carboxylic acids is 2. The van der Waals surface area contributed by atoms with E-state index in [1.165, 1.54) is 22.4 Å². The Hall–Kier alpha value is -4.42. The molecule has 0 radical (unpaired) electrons. The number of hydrogen-bond donors (Lipinski definition) is 3. The lowest BCUT2D eigenvalue weighted by Crippen LogP contribution is -2.44. The molecule has 0 saturated heterocycles. The second-order valence-corrected chi connectivity index (χ2v) is 12.2. The van der Waals surface area contributed by atoms with E-state index in [4.69, 9.17) is 11.6 Å². The fourth-order valence-corrected chi connectivity index (χ4v) is 6.11. The van der Waals surface area contributed by atoms with Crippen LogP contribution in [0.3, 0.4) is 0 Å². The summed E-state index contributed by atoms with van der Waals surface area (Å²) in [5.41, 5.74) is 3.96. The Labute approximate surface area is 262 Å². The van der Waals surface area contributed by atoms with Crippen LogP contribution in [0.1, 0.15) is 44.8 Å². The molecular weight excluding hydrogens is 603 g/mol. The molecule has 2 aromatic carbocycles. The van der Waals surface area contributed by atoms with Gasteiger partial charge in [-0.3, -0.25) is 14.6 Å². The van der Waals surface area contributed by atoms with Gasteiger partial charge in [0.15, 0.2) is 17.0 Å². The fraction of sp³-hybridized carbons (Fsp3) is 0.290. The van der Waals surface area contributed by atoms with Crippen LogP contribution in [0.4, 0.5) is 26.6 Å². The molecule has 4 aromatic rings. The summed E-state index contributed by atoms with van der Waals surface area (Å²) in [6, 6.07) is 12.4. The number of rotatable bonds is 5. The minimum absolute atomic E-state index is 0.0338. The summed E-state index contributed by atoms with van der Waals surface area (Å²) in [6.07, 6.45) is 5.28. The van der Waals surface area contributed by atoms with E-state index in [9.17, 15) is 14.0 Å². The molecule has 0 aliphatic carbocycles. The molecule has 4 unspecified atom stereocenters. The van der Waals surface area contributed by atoms with Gasteiger partial charge in [-0.25, -0.2) is 14.4 Å². The van der Waals surface area contributed by atoms with Gasteiger partial charge in [-0.1, -0.05) is 42.3 Å². The Morgan fingerprint density at radius 1 is 1.11 bits per heavy atom. The van der Waals surface area contributed by atoms with Crippen molar-refractivity contribution in [3.05, 3.63) is 82.8 Å². The summed E-state index contributed by atoms with van der Waals surface area (Å²) >= 11 is 7.46. The normalized spacial score (nSPS) is 21.5. The maximum Gasteiger partial charge on any atom is 0.249 e. The van der Waals surface area contributed by atoms with Crippen molar-refractivity contribution >= 4 is 56.9 Å². The third-order valence-electron chi connectivity index (χ3n) is 7.87. The van der Waals surface area contributed by atoms with E-state index in [2.05, 4.69) is 36.3 Å². The first kappa shape index (κ1) is 29.6. The Bertz CT molecular complexity index is 1720. The topological polar surface area (TPSA) is 124 Å². The summed E-state index contributed by atoms with van der Waals surface area (Å²) in [5.74, 6) is -1.31. The summed E-state index contributed by atoms with van der Waals surface area (Å²) in [5, 5.41) is 21.8. The molecule has 10 nitrogen and oxygen atoms in total. The van der Waals surface area contributed by atoms with Gasteiger partial charge in [0, 0.05) is 34.9 Å². The van der Waals surface area contributed by atoms with E-state index in [-0.39, 0.29) is 28.4 Å². The van der Waals surface area contributed by atoms with Gasteiger partial charge in [0.1, 0.15) is 0 Å². The molecule has 2 bridgehead atoms. The molecule has 0 fully saturated rings. The van der Waals surface area contributed by atoms with Gasteiger partial charge in [-0.2, -0.15) is 5.11 Å². The first-order valence-electron chi connectivity index (χ1n) is 14.3. The number of pyridine rings is 1. The molecule has 6 rings (SSSR count). The molecule has 2 amide bonds. The van der Waals surface area contributed by atoms with Gasteiger partial charge in [-0.15, -0.1) is 11.3 Å². The van der Waals surface area contributed by atoms with Gasteiger partial charge in [-0.05, 0) is 61.7 Å². The quantitative estimate of drug-likeness (QED) is 0.212. The van der Waals surface area contributed by atoms with Crippen molar-refractivity contribution in [2.24, 2.45) is 16.3 Å². The van der Waals surface area contributed by atoms with Crippen molar-refractivity contribution in [2.45, 2.75) is 51.2 Å². The van der Waals surface area contributed by atoms with Crippen LogP contribution in [0, 0.1) is 11.7 Å². The average molecular weight is 633 g/mol. The van der Waals surface area contributed by atoms with Crippen LogP contribution in [-0.2, 0) is 9.59 Å². The number of halogens is 2. The maximum absolute atomic E-state index is 14.7. The largest absolute Gasteiger partial charge is 0.346 e. The number of nitrogens with one attached hydrogen (secondary N) is 3. The van der Waals surface area contributed by atoms with Crippen molar-refractivity contribution in [3.63, 3.8) is 0 Å². The molecule has 44 heavy (non-hydrogen) atoms. The highest BCUT2D eigenvalue weighted by Gasteiger charge is 2.37. The Balaban J connectivity index is 1.27. The molecule has 4 atom stereocenters. The minimum atomic E-state index is -0.868. The van der Waals surface area contributed by atoms with E-state index in [0.717, 1.165) is 21.9 Å². The van der Waals surface area contributed by atoms with Crippen LogP contribution < -0.4 is 21.0 Å². The standard InChI is InChI=1S/C31H30ClFN8O2S/c1-17-5-3-7-23(37-30(43)28-18(2)41(40-39-28)26-8-4-6-22(32)27(26)33)25-15-19(11-12-34-25)21-10-9-20(16-24(21)38-29(17)42)36-31-35-13-14-44-31/h4,6,8-18,23,28H,3,5,7H2,1-2H3,(H,35,36)(H,37,43)(H,38,42). The molecule has 3 N–H and O–H groups in total. The highest BCUT2D eigenvalue weighted by Crippen LogP contribution is 2.36. The van der Waals surface area contributed by atoms with Gasteiger partial charge >= 0.3 is 0 Å². The van der Waals surface area contributed by atoms with Crippen LogP contribution in [-0.4, -0.2) is 33.9 Å². The smallest absolute Gasteiger partial charge is 0.249 e. The van der Waals surface area contributed by atoms with Crippen molar-refractivity contribution in [2.75, 3.05) is 15.6 Å². The molecule has 2 aromatic heterocycles. The molecule has 226 valence electrons. The first-order valence-corrected chi connectivity index (χ1v) is 15.6. The molecule has 2 aliphatic rings. The summed E-state index contributed by atoms with van der Waals surface area (Å²) in [4.78, 5) is 35.7. The molecule has 0 saturated carbocycles. The van der Waals surface area contributed by atoms with E-state index in [1.807, 2.05) is 42.6 Å². The second kappa shape index (κ2) is 12.7. The Kier molecular flexibility index (Phi) is 8.53. The zero-order valence-electron chi connectivity index (χ0n) is 24.0. The van der Waals surface area contributed by atoms with Gasteiger partial charge < -0.3 is 16.0 Å². The lowest BCUT2D eigenvalue weighted by Gasteiger charge is -2.25. The van der Waals surface area contributed by atoms with E-state index in [0.29, 0.717) is 30.6 Å². The van der Waals surface area contributed by atoms with Crippen molar-refractivity contribution < 1.29 is 14.0 Å². The van der Waals surface area contributed by atoms with Crippen LogP contribution in [0.2, 0.25) is 5.02 Å². The van der Waals surface area contributed by atoms with Crippen molar-refractivity contribution in [1.29, 1.82) is 0 Å². The van der Waals surface area contributed by atoms with Crippen LogP contribution in [0.5, 0.6) is 0 Å². The number of aromatic nitrogens is 2. The number of carbonyl (C=O) groups is 2.